The molecule has 0 bridgehead atoms. The summed E-state index contributed by atoms with van der Waals surface area (Å²) in [5.74, 6) is 0.0747. The van der Waals surface area contributed by atoms with Crippen molar-refractivity contribution in [3.63, 3.8) is 0 Å². The molecule has 5 heteroatoms. The van der Waals surface area contributed by atoms with E-state index in [9.17, 15) is 4.79 Å². The van der Waals surface area contributed by atoms with Crippen LogP contribution < -0.4 is 5.32 Å². The van der Waals surface area contributed by atoms with Gasteiger partial charge in [0.1, 0.15) is 5.00 Å². The molecule has 0 spiro atoms. The minimum absolute atomic E-state index is 0.0747. The number of carbonyl (C=O) groups is 1. The monoisotopic (exact) mass is 242 g/mol. The third-order valence-corrected chi connectivity index (χ3v) is 3.17. The van der Waals surface area contributed by atoms with Gasteiger partial charge in [0.15, 0.2) is 5.78 Å². The minimum Gasteiger partial charge on any atom is -0.385 e. The van der Waals surface area contributed by atoms with Crippen LogP contribution in [0.2, 0.25) is 0 Å². The molecule has 16 heavy (non-hydrogen) atoms. The Morgan fingerprint density at radius 1 is 1.50 bits per heavy atom. The number of carbonyl (C=O) groups excluding carboxylic acids is 1. The van der Waals surface area contributed by atoms with Gasteiger partial charge in [-0.25, -0.2) is 0 Å². The SMILES string of the molecule is COCCCCNc1snc(C)c1C(C)=O. The number of aromatic nitrogens is 1. The lowest BCUT2D eigenvalue weighted by Gasteiger charge is -2.04. The van der Waals surface area contributed by atoms with Crippen LogP contribution in [-0.2, 0) is 4.74 Å². The Hall–Kier alpha value is -0.940. The standard InChI is InChI=1S/C11H18N2O2S/c1-8-10(9(2)14)11(16-13-8)12-6-4-5-7-15-3/h12H,4-7H2,1-3H3. The van der Waals surface area contributed by atoms with E-state index in [4.69, 9.17) is 4.74 Å². The van der Waals surface area contributed by atoms with Gasteiger partial charge in [0.25, 0.3) is 0 Å². The average molecular weight is 242 g/mol. The van der Waals surface area contributed by atoms with Gasteiger partial charge in [-0.3, -0.25) is 4.79 Å². The van der Waals surface area contributed by atoms with Gasteiger partial charge in [0.2, 0.25) is 0 Å². The average Bonchev–Trinajstić information content (AvgIpc) is 2.59. The second kappa shape index (κ2) is 6.60. The van der Waals surface area contributed by atoms with E-state index in [1.807, 2.05) is 6.92 Å². The molecular weight excluding hydrogens is 224 g/mol. The minimum atomic E-state index is 0.0747. The molecule has 0 fully saturated rings. The zero-order valence-electron chi connectivity index (χ0n) is 10.0. The van der Waals surface area contributed by atoms with Crippen molar-refractivity contribution in [3.8, 4) is 0 Å². The number of aryl methyl sites for hydroxylation is 1. The summed E-state index contributed by atoms with van der Waals surface area (Å²) >= 11 is 1.36. The number of nitrogens with zero attached hydrogens (tertiary/aromatic N) is 1. The summed E-state index contributed by atoms with van der Waals surface area (Å²) in [5, 5.41) is 4.15. The highest BCUT2D eigenvalue weighted by atomic mass is 32.1. The summed E-state index contributed by atoms with van der Waals surface area (Å²) in [6, 6.07) is 0. The Morgan fingerprint density at radius 2 is 2.25 bits per heavy atom. The van der Waals surface area contributed by atoms with Gasteiger partial charge in [-0.15, -0.1) is 0 Å². The van der Waals surface area contributed by atoms with Crippen molar-refractivity contribution in [1.82, 2.24) is 4.37 Å². The Morgan fingerprint density at radius 3 is 2.88 bits per heavy atom. The first-order valence-corrected chi connectivity index (χ1v) is 6.14. The summed E-state index contributed by atoms with van der Waals surface area (Å²) in [4.78, 5) is 11.4. The molecule has 0 atom stereocenters. The molecule has 0 aromatic carbocycles. The van der Waals surface area contributed by atoms with Crippen LogP contribution in [0, 0.1) is 6.92 Å². The van der Waals surface area contributed by atoms with Crippen molar-refractivity contribution in [2.24, 2.45) is 0 Å². The Labute approximate surface area is 100 Å². The van der Waals surface area contributed by atoms with Gasteiger partial charge in [0.05, 0.1) is 11.3 Å². The van der Waals surface area contributed by atoms with E-state index in [0.717, 1.165) is 42.3 Å². The van der Waals surface area contributed by atoms with Crippen LogP contribution >= 0.6 is 11.5 Å². The summed E-state index contributed by atoms with van der Waals surface area (Å²) in [6.45, 7) is 5.07. The highest BCUT2D eigenvalue weighted by Crippen LogP contribution is 2.24. The quantitative estimate of drug-likeness (QED) is 0.589. The molecule has 1 aromatic heterocycles. The molecule has 0 saturated heterocycles. The summed E-state index contributed by atoms with van der Waals surface area (Å²) < 4.78 is 9.16. The highest BCUT2D eigenvalue weighted by molar-refractivity contribution is 7.10. The first-order chi connectivity index (χ1) is 7.66. The van der Waals surface area contributed by atoms with Crippen LogP contribution in [0.5, 0.6) is 0 Å². The predicted octanol–water partition coefficient (Wildman–Crippen LogP) is 2.49. The van der Waals surface area contributed by atoms with Crippen LogP contribution in [0.3, 0.4) is 0 Å². The lowest BCUT2D eigenvalue weighted by atomic mass is 10.2. The fourth-order valence-electron chi connectivity index (χ4n) is 1.48. The Bertz CT molecular complexity index is 350. The molecule has 0 radical (unpaired) electrons. The first-order valence-electron chi connectivity index (χ1n) is 5.36. The number of hydrogen-bond donors (Lipinski definition) is 1. The van der Waals surface area contributed by atoms with Crippen LogP contribution in [0.25, 0.3) is 0 Å². The smallest absolute Gasteiger partial charge is 0.164 e. The van der Waals surface area contributed by atoms with Gasteiger partial charge in [-0.1, -0.05) is 0 Å². The van der Waals surface area contributed by atoms with E-state index in [1.165, 1.54) is 11.5 Å². The lowest BCUT2D eigenvalue weighted by Crippen LogP contribution is -2.05. The summed E-state index contributed by atoms with van der Waals surface area (Å²) in [6.07, 6.45) is 2.05. The van der Waals surface area contributed by atoms with Gasteiger partial charge < -0.3 is 10.1 Å². The van der Waals surface area contributed by atoms with Crippen molar-refractivity contribution < 1.29 is 9.53 Å². The van der Waals surface area contributed by atoms with Crippen LogP contribution in [-0.4, -0.2) is 30.4 Å². The van der Waals surface area contributed by atoms with Crippen molar-refractivity contribution in [2.75, 3.05) is 25.6 Å². The Balaban J connectivity index is 2.45. The molecule has 0 aliphatic heterocycles. The largest absolute Gasteiger partial charge is 0.385 e. The van der Waals surface area contributed by atoms with Crippen molar-refractivity contribution >= 4 is 22.3 Å². The lowest BCUT2D eigenvalue weighted by molar-refractivity contribution is 0.101. The number of unbranched alkanes of at least 4 members (excludes halogenated alkanes) is 1. The maximum Gasteiger partial charge on any atom is 0.164 e. The van der Waals surface area contributed by atoms with Crippen LogP contribution in [0.4, 0.5) is 5.00 Å². The highest BCUT2D eigenvalue weighted by Gasteiger charge is 2.13. The number of ketones is 1. The number of anilines is 1. The third kappa shape index (κ3) is 3.57. The number of ether oxygens (including phenoxy) is 1. The molecule has 1 aromatic rings. The molecule has 0 amide bonds. The van der Waals surface area contributed by atoms with Crippen molar-refractivity contribution in [1.29, 1.82) is 0 Å². The van der Waals surface area contributed by atoms with E-state index in [2.05, 4.69) is 9.69 Å². The normalized spacial score (nSPS) is 10.4. The number of rotatable bonds is 7. The number of nitrogens with one attached hydrogen (secondary N) is 1. The molecule has 0 unspecified atom stereocenters. The van der Waals surface area contributed by atoms with Gasteiger partial charge in [-0.05, 0) is 38.2 Å². The molecule has 0 aliphatic rings. The molecule has 0 saturated carbocycles. The van der Waals surface area contributed by atoms with Crippen molar-refractivity contribution in [2.45, 2.75) is 26.7 Å². The summed E-state index contributed by atoms with van der Waals surface area (Å²) in [7, 11) is 1.70. The topological polar surface area (TPSA) is 51.2 Å². The number of hydrogen-bond acceptors (Lipinski definition) is 5. The summed E-state index contributed by atoms with van der Waals surface area (Å²) in [5.41, 5.74) is 1.55. The third-order valence-electron chi connectivity index (χ3n) is 2.28. The zero-order chi connectivity index (χ0) is 12.0. The number of methoxy groups -OCH3 is 1. The maximum absolute atomic E-state index is 11.4. The maximum atomic E-state index is 11.4. The van der Waals surface area contributed by atoms with Crippen LogP contribution in [0.15, 0.2) is 0 Å². The zero-order valence-corrected chi connectivity index (χ0v) is 10.8. The van der Waals surface area contributed by atoms with Gasteiger partial charge in [0, 0.05) is 20.3 Å². The fraction of sp³-hybridized carbons (Fsp3) is 0.636. The molecule has 0 aliphatic carbocycles. The molecule has 1 N–H and O–H groups in total. The van der Waals surface area contributed by atoms with E-state index in [1.54, 1.807) is 14.0 Å². The molecule has 1 heterocycles. The van der Waals surface area contributed by atoms with E-state index < -0.39 is 0 Å². The van der Waals surface area contributed by atoms with Crippen LogP contribution in [0.1, 0.15) is 35.8 Å². The molecule has 90 valence electrons. The van der Waals surface area contributed by atoms with E-state index in [0.29, 0.717) is 0 Å². The van der Waals surface area contributed by atoms with E-state index >= 15 is 0 Å². The van der Waals surface area contributed by atoms with E-state index in [-0.39, 0.29) is 5.78 Å². The molecule has 1 rings (SSSR count). The second-order valence-corrected chi connectivity index (χ2v) is 4.43. The predicted molar refractivity (Wildman–Crippen MR) is 66.5 cm³/mol. The molecular formula is C11H18N2O2S. The second-order valence-electron chi connectivity index (χ2n) is 3.65. The molecule has 4 nitrogen and oxygen atoms in total. The van der Waals surface area contributed by atoms with Gasteiger partial charge in [-0.2, -0.15) is 4.37 Å². The van der Waals surface area contributed by atoms with Crippen molar-refractivity contribution in [3.05, 3.63) is 11.3 Å². The fourth-order valence-corrected chi connectivity index (χ4v) is 2.35. The Kier molecular flexibility index (Phi) is 5.42. The van der Waals surface area contributed by atoms with Gasteiger partial charge >= 0.3 is 0 Å². The number of Topliss-reactive ketones (excluding diaryl/α,β-unsaturated/α-hetero) is 1. The first kappa shape index (κ1) is 13.1.